The van der Waals surface area contributed by atoms with Crippen LogP contribution in [-0.4, -0.2) is 0 Å². The Morgan fingerprint density at radius 2 is 1.93 bits per heavy atom. The Balaban J connectivity index is -0.000000403. The van der Waals surface area contributed by atoms with Crippen LogP contribution in [0.4, 0.5) is 0 Å². The van der Waals surface area contributed by atoms with Gasteiger partial charge in [-0.3, -0.25) is 6.08 Å². The van der Waals surface area contributed by atoms with Crippen LogP contribution in [0.25, 0.3) is 0 Å². The number of allylic oxidation sites excluding steroid dienone is 4. The smallest absolute Gasteiger partial charge is 1.00 e. The van der Waals surface area contributed by atoms with Crippen molar-refractivity contribution in [3.8, 4) is 0 Å². The van der Waals surface area contributed by atoms with Crippen molar-refractivity contribution < 1.29 is 51.0 Å². The molecule has 0 aromatic rings. The quantitative estimate of drug-likeness (QED) is 0.394. The number of unbranched alkanes of at least 4 members (excludes halogenated alkanes) is 3. The molecular weight excluding hydrogens is 294 g/mol. The molecule has 0 atom stereocenters. The van der Waals surface area contributed by atoms with Crippen LogP contribution in [0.1, 0.15) is 45.4 Å². The average molecular weight is 311 g/mol. The van der Waals surface area contributed by atoms with Gasteiger partial charge in [0.05, 0.1) is 0 Å². The summed E-state index contributed by atoms with van der Waals surface area (Å²) in [6.07, 6.45) is 15.4. The van der Waals surface area contributed by atoms with Gasteiger partial charge in [-0.2, -0.15) is 6.08 Å². The van der Waals surface area contributed by atoms with Crippen LogP contribution in [0.15, 0.2) is 17.7 Å². The van der Waals surface area contributed by atoms with Gasteiger partial charge in [0.25, 0.3) is 0 Å². The monoisotopic (exact) mass is 309 g/mol. The fourth-order valence-corrected chi connectivity index (χ4v) is 1.37. The van der Waals surface area contributed by atoms with E-state index in [-0.39, 0.29) is 51.0 Å². The molecule has 1 aliphatic rings. The van der Waals surface area contributed by atoms with Crippen molar-refractivity contribution in [2.45, 2.75) is 45.4 Å². The van der Waals surface area contributed by atoms with Gasteiger partial charge in [-0.05, 0) is 0 Å². The molecule has 0 amide bonds. The number of rotatable bonds is 5. The molecular formula is C11H17Cl2Zr. The predicted octanol–water partition coefficient (Wildman–Crippen LogP) is -2.35. The van der Waals surface area contributed by atoms with Gasteiger partial charge in [-0.25, -0.2) is 11.6 Å². The molecule has 3 heteroatoms. The van der Waals surface area contributed by atoms with E-state index in [9.17, 15) is 0 Å². The van der Waals surface area contributed by atoms with Gasteiger partial charge >= 0.3 is 26.2 Å². The molecule has 0 unspecified atom stereocenters. The molecule has 0 aliphatic heterocycles. The number of hydrogen-bond acceptors (Lipinski definition) is 0. The molecule has 0 aromatic carbocycles. The minimum atomic E-state index is 0. The Morgan fingerprint density at radius 1 is 1.21 bits per heavy atom. The summed E-state index contributed by atoms with van der Waals surface area (Å²) in [5.74, 6) is 0. The third kappa shape index (κ3) is 9.50. The molecule has 1 aliphatic carbocycles. The number of halogens is 2. The van der Waals surface area contributed by atoms with E-state index in [0.29, 0.717) is 0 Å². The predicted molar refractivity (Wildman–Crippen MR) is 49.3 cm³/mol. The van der Waals surface area contributed by atoms with E-state index in [1.54, 1.807) is 0 Å². The normalized spacial score (nSPS) is 12.2. The van der Waals surface area contributed by atoms with E-state index >= 15 is 0 Å². The molecule has 1 rings (SSSR count). The SMILES string of the molecule is CCCCCCC1=CC[C-]=C1.[Cl-].[Cl-].[Zr+3]. The zero-order valence-electron chi connectivity index (χ0n) is 8.65. The zero-order valence-corrected chi connectivity index (χ0v) is 12.6. The molecule has 0 saturated carbocycles. The van der Waals surface area contributed by atoms with Gasteiger partial charge in [-0.1, -0.05) is 39.0 Å². The van der Waals surface area contributed by atoms with Crippen LogP contribution in [0.3, 0.4) is 0 Å². The molecule has 0 spiro atoms. The molecule has 79 valence electrons. The Kier molecular flexibility index (Phi) is 20.3. The molecule has 1 radical (unpaired) electrons. The largest absolute Gasteiger partial charge is 3.00 e. The first-order valence-corrected chi connectivity index (χ1v) is 4.69. The Labute approximate surface area is 120 Å². The minimum absolute atomic E-state index is 0. The Morgan fingerprint density at radius 3 is 2.43 bits per heavy atom. The van der Waals surface area contributed by atoms with Crippen molar-refractivity contribution in [1.29, 1.82) is 0 Å². The molecule has 0 saturated heterocycles. The van der Waals surface area contributed by atoms with Gasteiger partial charge < -0.3 is 24.8 Å². The third-order valence-corrected chi connectivity index (χ3v) is 2.09. The fourth-order valence-electron chi connectivity index (χ4n) is 1.37. The summed E-state index contributed by atoms with van der Waals surface area (Å²) in [6, 6.07) is 0. The van der Waals surface area contributed by atoms with Crippen LogP contribution in [0.2, 0.25) is 0 Å². The summed E-state index contributed by atoms with van der Waals surface area (Å²) >= 11 is 0. The Bertz CT molecular complexity index is 165. The van der Waals surface area contributed by atoms with Crippen LogP contribution in [0, 0.1) is 6.08 Å². The van der Waals surface area contributed by atoms with Crippen LogP contribution < -0.4 is 24.8 Å². The first kappa shape index (κ1) is 20.4. The van der Waals surface area contributed by atoms with Gasteiger partial charge in [0.1, 0.15) is 0 Å². The first-order chi connectivity index (χ1) is 5.43. The van der Waals surface area contributed by atoms with E-state index < -0.39 is 0 Å². The fraction of sp³-hybridized carbons (Fsp3) is 0.636. The van der Waals surface area contributed by atoms with Crippen molar-refractivity contribution in [2.75, 3.05) is 0 Å². The molecule has 0 aromatic heterocycles. The average Bonchev–Trinajstić information content (AvgIpc) is 2.50. The van der Waals surface area contributed by atoms with E-state index in [1.165, 1.54) is 37.7 Å². The second kappa shape index (κ2) is 13.9. The van der Waals surface area contributed by atoms with Crippen molar-refractivity contribution >= 4 is 0 Å². The summed E-state index contributed by atoms with van der Waals surface area (Å²) in [4.78, 5) is 0. The second-order valence-electron chi connectivity index (χ2n) is 3.14. The maximum atomic E-state index is 3.20. The van der Waals surface area contributed by atoms with Crippen molar-refractivity contribution in [3.63, 3.8) is 0 Å². The first-order valence-electron chi connectivity index (χ1n) is 4.69. The topological polar surface area (TPSA) is 0 Å². The van der Waals surface area contributed by atoms with Crippen LogP contribution in [0.5, 0.6) is 0 Å². The van der Waals surface area contributed by atoms with Crippen molar-refractivity contribution in [1.82, 2.24) is 0 Å². The summed E-state index contributed by atoms with van der Waals surface area (Å²) in [7, 11) is 0. The van der Waals surface area contributed by atoms with Crippen molar-refractivity contribution in [2.24, 2.45) is 0 Å². The van der Waals surface area contributed by atoms with E-state index in [2.05, 4.69) is 25.2 Å². The zero-order chi connectivity index (χ0) is 7.94. The van der Waals surface area contributed by atoms with Gasteiger partial charge in [0.2, 0.25) is 0 Å². The minimum Gasteiger partial charge on any atom is -1.00 e. The second-order valence-corrected chi connectivity index (χ2v) is 3.14. The number of hydrogen-bond donors (Lipinski definition) is 0. The molecule has 14 heavy (non-hydrogen) atoms. The molecule has 0 N–H and O–H groups in total. The molecule has 0 heterocycles. The van der Waals surface area contributed by atoms with Gasteiger partial charge in [0.15, 0.2) is 0 Å². The Hall–Kier alpha value is 0.943. The summed E-state index contributed by atoms with van der Waals surface area (Å²) in [5.41, 5.74) is 1.50. The third-order valence-electron chi connectivity index (χ3n) is 2.09. The van der Waals surface area contributed by atoms with E-state index in [1.807, 2.05) is 0 Å². The molecule has 0 fully saturated rings. The summed E-state index contributed by atoms with van der Waals surface area (Å²) in [5, 5.41) is 0. The molecule has 0 nitrogen and oxygen atoms in total. The summed E-state index contributed by atoms with van der Waals surface area (Å²) in [6.45, 7) is 2.25. The van der Waals surface area contributed by atoms with Crippen LogP contribution >= 0.6 is 0 Å². The van der Waals surface area contributed by atoms with Gasteiger partial charge in [-0.15, -0.1) is 6.42 Å². The van der Waals surface area contributed by atoms with Gasteiger partial charge in [0, 0.05) is 0 Å². The van der Waals surface area contributed by atoms with Crippen molar-refractivity contribution in [3.05, 3.63) is 23.8 Å². The summed E-state index contributed by atoms with van der Waals surface area (Å²) < 4.78 is 0. The van der Waals surface area contributed by atoms with E-state index in [4.69, 9.17) is 0 Å². The standard InChI is InChI=1S/C11H17.2ClH.Zr/c1-2-3-4-5-8-11-9-6-7-10-11;;;/h9-10H,2-6,8H2,1H3;2*1H;/q-1;;;+3/p-2. The maximum absolute atomic E-state index is 3.20. The maximum Gasteiger partial charge on any atom is 3.00 e. The molecule has 0 bridgehead atoms. The van der Waals surface area contributed by atoms with E-state index in [0.717, 1.165) is 6.42 Å². The van der Waals surface area contributed by atoms with Crippen LogP contribution in [-0.2, 0) is 26.2 Å².